The van der Waals surface area contributed by atoms with Crippen molar-refractivity contribution < 1.29 is 9.53 Å². The molecule has 1 saturated heterocycles. The maximum atomic E-state index is 12.7. The molecule has 1 saturated carbocycles. The molecule has 2 heteroatoms. The van der Waals surface area contributed by atoms with Crippen LogP contribution in [0, 0.1) is 5.92 Å². The lowest BCUT2D eigenvalue weighted by molar-refractivity contribution is -0.156. The van der Waals surface area contributed by atoms with Crippen LogP contribution in [-0.2, 0) is 9.53 Å². The second kappa shape index (κ2) is 5.09. The summed E-state index contributed by atoms with van der Waals surface area (Å²) in [6, 6.07) is 10.1. The number of rotatable bonds is 3. The summed E-state index contributed by atoms with van der Waals surface area (Å²) in [5.41, 5.74) is 1.20. The Balaban J connectivity index is 1.69. The monoisotopic (exact) mass is 258 g/mol. The molecule has 0 radical (unpaired) electrons. The SMILES string of the molecule is CC(C(=O)C1CCOC2(CCC2)C1)c1ccccc1. The highest BCUT2D eigenvalue weighted by Crippen LogP contribution is 2.45. The highest BCUT2D eigenvalue weighted by Gasteiger charge is 2.44. The molecular formula is C17H22O2. The van der Waals surface area contributed by atoms with Crippen LogP contribution in [0.2, 0.25) is 0 Å². The molecule has 1 aromatic rings. The van der Waals surface area contributed by atoms with E-state index in [1.165, 1.54) is 6.42 Å². The second-order valence-corrected chi connectivity index (χ2v) is 6.11. The summed E-state index contributed by atoms with van der Waals surface area (Å²) in [6.07, 6.45) is 5.41. The fourth-order valence-corrected chi connectivity index (χ4v) is 3.45. The predicted octanol–water partition coefficient (Wildman–Crippen LogP) is 3.71. The summed E-state index contributed by atoms with van der Waals surface area (Å²) < 4.78 is 5.92. The number of Topliss-reactive ketones (excluding diaryl/α,β-unsaturated/α-hetero) is 1. The van der Waals surface area contributed by atoms with E-state index in [0.717, 1.165) is 37.9 Å². The molecule has 0 aromatic heterocycles. The average Bonchev–Trinajstić information content (AvgIpc) is 2.45. The Hall–Kier alpha value is -1.15. The summed E-state index contributed by atoms with van der Waals surface area (Å²) in [5.74, 6) is 0.617. The zero-order valence-corrected chi connectivity index (χ0v) is 11.6. The van der Waals surface area contributed by atoms with Crippen molar-refractivity contribution in [3.05, 3.63) is 35.9 Å². The van der Waals surface area contributed by atoms with E-state index >= 15 is 0 Å². The second-order valence-electron chi connectivity index (χ2n) is 6.11. The van der Waals surface area contributed by atoms with Gasteiger partial charge in [0.25, 0.3) is 0 Å². The van der Waals surface area contributed by atoms with Gasteiger partial charge in [-0.05, 0) is 37.7 Å². The van der Waals surface area contributed by atoms with Crippen molar-refractivity contribution >= 4 is 5.78 Å². The fraction of sp³-hybridized carbons (Fsp3) is 0.588. The molecular weight excluding hydrogens is 236 g/mol. The molecule has 2 fully saturated rings. The van der Waals surface area contributed by atoms with Crippen molar-refractivity contribution in [3.63, 3.8) is 0 Å². The molecule has 1 aliphatic heterocycles. The summed E-state index contributed by atoms with van der Waals surface area (Å²) >= 11 is 0. The van der Waals surface area contributed by atoms with Crippen LogP contribution in [-0.4, -0.2) is 18.0 Å². The molecule has 2 atom stereocenters. The molecule has 1 heterocycles. The van der Waals surface area contributed by atoms with Gasteiger partial charge >= 0.3 is 0 Å². The van der Waals surface area contributed by atoms with Gasteiger partial charge in [-0.15, -0.1) is 0 Å². The maximum Gasteiger partial charge on any atom is 0.143 e. The van der Waals surface area contributed by atoms with Crippen LogP contribution in [0.15, 0.2) is 30.3 Å². The van der Waals surface area contributed by atoms with Gasteiger partial charge in [0, 0.05) is 18.4 Å². The molecule has 3 rings (SSSR count). The lowest BCUT2D eigenvalue weighted by Gasteiger charge is -2.47. The van der Waals surface area contributed by atoms with Crippen LogP contribution >= 0.6 is 0 Å². The van der Waals surface area contributed by atoms with Crippen molar-refractivity contribution in [3.8, 4) is 0 Å². The average molecular weight is 258 g/mol. The van der Waals surface area contributed by atoms with Crippen molar-refractivity contribution in [2.75, 3.05) is 6.61 Å². The number of carbonyl (C=O) groups is 1. The summed E-state index contributed by atoms with van der Waals surface area (Å²) in [4.78, 5) is 12.7. The number of benzene rings is 1. The van der Waals surface area contributed by atoms with E-state index in [0.29, 0.717) is 5.78 Å². The van der Waals surface area contributed by atoms with E-state index in [2.05, 4.69) is 12.1 Å². The number of hydrogen-bond acceptors (Lipinski definition) is 2. The summed E-state index contributed by atoms with van der Waals surface area (Å²) in [5, 5.41) is 0. The van der Waals surface area contributed by atoms with Crippen molar-refractivity contribution in [2.45, 2.75) is 50.5 Å². The van der Waals surface area contributed by atoms with Crippen LogP contribution in [0.3, 0.4) is 0 Å². The van der Waals surface area contributed by atoms with Gasteiger partial charge in [-0.25, -0.2) is 0 Å². The molecule has 19 heavy (non-hydrogen) atoms. The van der Waals surface area contributed by atoms with Gasteiger partial charge in [0.2, 0.25) is 0 Å². The predicted molar refractivity (Wildman–Crippen MR) is 75.1 cm³/mol. The van der Waals surface area contributed by atoms with E-state index in [9.17, 15) is 4.79 Å². The molecule has 2 nitrogen and oxygen atoms in total. The summed E-state index contributed by atoms with van der Waals surface area (Å²) in [7, 11) is 0. The van der Waals surface area contributed by atoms with Gasteiger partial charge in [0.15, 0.2) is 0 Å². The normalized spacial score (nSPS) is 26.7. The van der Waals surface area contributed by atoms with Crippen LogP contribution in [0.5, 0.6) is 0 Å². The van der Waals surface area contributed by atoms with E-state index in [1.807, 2.05) is 25.1 Å². The molecule has 0 N–H and O–H groups in total. The Kier molecular flexibility index (Phi) is 3.44. The zero-order valence-electron chi connectivity index (χ0n) is 11.6. The van der Waals surface area contributed by atoms with Crippen LogP contribution in [0.25, 0.3) is 0 Å². The molecule has 2 aliphatic rings. The Morgan fingerprint density at radius 1 is 1.32 bits per heavy atom. The van der Waals surface area contributed by atoms with Gasteiger partial charge in [-0.1, -0.05) is 37.3 Å². The van der Waals surface area contributed by atoms with Crippen molar-refractivity contribution in [2.24, 2.45) is 5.92 Å². The molecule has 1 aromatic carbocycles. The molecule has 0 amide bonds. The van der Waals surface area contributed by atoms with Crippen LogP contribution < -0.4 is 0 Å². The fourth-order valence-electron chi connectivity index (χ4n) is 3.45. The van der Waals surface area contributed by atoms with Crippen molar-refractivity contribution in [1.29, 1.82) is 0 Å². The minimum atomic E-state index is 0.0152. The number of ketones is 1. The zero-order chi connectivity index (χ0) is 13.3. The topological polar surface area (TPSA) is 26.3 Å². The van der Waals surface area contributed by atoms with E-state index < -0.39 is 0 Å². The first-order valence-corrected chi connectivity index (χ1v) is 7.43. The van der Waals surface area contributed by atoms with Gasteiger partial charge in [-0.3, -0.25) is 4.79 Å². The standard InChI is InChI=1S/C17H22O2/c1-13(14-6-3-2-4-7-14)16(18)15-8-11-19-17(12-15)9-5-10-17/h2-4,6-7,13,15H,5,8-12H2,1H3. The lowest BCUT2D eigenvalue weighted by atomic mass is 9.70. The number of ether oxygens (including phenoxy) is 1. The van der Waals surface area contributed by atoms with Crippen LogP contribution in [0.4, 0.5) is 0 Å². The molecule has 102 valence electrons. The Bertz CT molecular complexity index is 448. The Morgan fingerprint density at radius 2 is 2.05 bits per heavy atom. The van der Waals surface area contributed by atoms with Gasteiger partial charge < -0.3 is 4.74 Å². The molecule has 0 bridgehead atoms. The lowest BCUT2D eigenvalue weighted by Crippen LogP contribution is -2.47. The largest absolute Gasteiger partial charge is 0.375 e. The highest BCUT2D eigenvalue weighted by atomic mass is 16.5. The highest BCUT2D eigenvalue weighted by molar-refractivity contribution is 5.87. The molecule has 1 aliphatic carbocycles. The molecule has 1 spiro atoms. The quantitative estimate of drug-likeness (QED) is 0.826. The van der Waals surface area contributed by atoms with Crippen LogP contribution in [0.1, 0.15) is 50.5 Å². The third kappa shape index (κ3) is 2.46. The summed E-state index contributed by atoms with van der Waals surface area (Å²) in [6.45, 7) is 2.80. The van der Waals surface area contributed by atoms with E-state index in [-0.39, 0.29) is 17.4 Å². The van der Waals surface area contributed by atoms with Gasteiger partial charge in [-0.2, -0.15) is 0 Å². The van der Waals surface area contributed by atoms with E-state index in [4.69, 9.17) is 4.74 Å². The minimum Gasteiger partial charge on any atom is -0.375 e. The van der Waals surface area contributed by atoms with Gasteiger partial charge in [0.05, 0.1) is 5.60 Å². The first-order valence-electron chi connectivity index (χ1n) is 7.43. The third-order valence-electron chi connectivity index (χ3n) is 4.89. The first kappa shape index (κ1) is 12.9. The first-order chi connectivity index (χ1) is 9.20. The smallest absolute Gasteiger partial charge is 0.143 e. The third-order valence-corrected chi connectivity index (χ3v) is 4.89. The van der Waals surface area contributed by atoms with E-state index in [1.54, 1.807) is 0 Å². The van der Waals surface area contributed by atoms with Crippen molar-refractivity contribution in [1.82, 2.24) is 0 Å². The number of hydrogen-bond donors (Lipinski definition) is 0. The maximum absolute atomic E-state index is 12.7. The Morgan fingerprint density at radius 3 is 2.68 bits per heavy atom. The number of carbonyl (C=O) groups excluding carboxylic acids is 1. The molecule has 2 unspecified atom stereocenters. The van der Waals surface area contributed by atoms with Gasteiger partial charge in [0.1, 0.15) is 5.78 Å². The Labute approximate surface area is 115 Å². The minimum absolute atomic E-state index is 0.0152.